The summed E-state index contributed by atoms with van der Waals surface area (Å²) in [5.41, 5.74) is 1.77. The van der Waals surface area contributed by atoms with Crippen molar-refractivity contribution in [3.05, 3.63) is 65.5 Å². The molecule has 1 N–H and O–H groups in total. The molecule has 1 aliphatic heterocycles. The highest BCUT2D eigenvalue weighted by atomic mass is 16.5. The van der Waals surface area contributed by atoms with Crippen LogP contribution in [0.15, 0.2) is 54.7 Å². The second kappa shape index (κ2) is 5.79. The normalized spacial score (nSPS) is 20.2. The summed E-state index contributed by atoms with van der Waals surface area (Å²) in [7, 11) is 0. The summed E-state index contributed by atoms with van der Waals surface area (Å²) in [6.07, 6.45) is 2.58. The number of aromatic nitrogens is 1. The average molecular weight is 295 g/mol. The number of anilines is 1. The highest BCUT2D eigenvalue weighted by molar-refractivity contribution is 6.01. The second-order valence-electron chi connectivity index (χ2n) is 6.38. The van der Waals surface area contributed by atoms with Gasteiger partial charge >= 0.3 is 0 Å². The molecule has 0 bridgehead atoms. The third-order valence-corrected chi connectivity index (χ3v) is 4.17. The zero-order valence-corrected chi connectivity index (χ0v) is 13.0. The molecule has 4 heteroatoms. The van der Waals surface area contributed by atoms with Crippen molar-refractivity contribution < 1.29 is 4.74 Å². The van der Waals surface area contributed by atoms with Crippen molar-refractivity contribution in [1.82, 2.24) is 4.98 Å². The van der Waals surface area contributed by atoms with Crippen LogP contribution in [-0.2, 0) is 0 Å². The minimum absolute atomic E-state index is 0.0767. The molecule has 2 aromatic rings. The van der Waals surface area contributed by atoms with Crippen LogP contribution in [-0.4, -0.2) is 28.0 Å². The number of nitrogens with one attached hydrogen (secondary N) is 1. The van der Waals surface area contributed by atoms with E-state index in [4.69, 9.17) is 0 Å². The first-order chi connectivity index (χ1) is 10.6. The Morgan fingerprint density at radius 1 is 1.18 bits per heavy atom. The van der Waals surface area contributed by atoms with E-state index in [2.05, 4.69) is 24.1 Å². The number of benzene rings is 1. The third-order valence-electron chi connectivity index (χ3n) is 4.17. The number of hydrogen-bond donors (Lipinski definition) is 1. The summed E-state index contributed by atoms with van der Waals surface area (Å²) in [6, 6.07) is 15.6. The molecule has 0 amide bonds. The number of rotatable bonds is 4. The van der Waals surface area contributed by atoms with Gasteiger partial charge in [0.15, 0.2) is 6.04 Å². The van der Waals surface area contributed by atoms with Crippen LogP contribution in [0.25, 0.3) is 0 Å². The molecular weight excluding hydrogens is 274 g/mol. The Morgan fingerprint density at radius 2 is 1.91 bits per heavy atom. The van der Waals surface area contributed by atoms with E-state index in [9.17, 15) is 5.21 Å². The maximum absolute atomic E-state index is 12.8. The second-order valence-corrected chi connectivity index (χ2v) is 6.38. The van der Waals surface area contributed by atoms with Crippen molar-refractivity contribution >= 4 is 11.5 Å². The number of nitrogens with zero attached hydrogens (tertiary/aromatic N) is 2. The molecule has 0 spiro atoms. The van der Waals surface area contributed by atoms with Crippen molar-refractivity contribution in [2.45, 2.75) is 26.3 Å². The summed E-state index contributed by atoms with van der Waals surface area (Å²) in [6.45, 7) is 4.88. The van der Waals surface area contributed by atoms with Gasteiger partial charge in [0.05, 0.1) is 12.0 Å². The van der Waals surface area contributed by atoms with Crippen LogP contribution < -0.4 is 5.32 Å². The summed E-state index contributed by atoms with van der Waals surface area (Å²) in [4.78, 5) is 4.24. The van der Waals surface area contributed by atoms with E-state index in [0.29, 0.717) is 6.54 Å². The zero-order chi connectivity index (χ0) is 15.6. The Hall–Kier alpha value is -2.36. The van der Waals surface area contributed by atoms with Gasteiger partial charge in [-0.1, -0.05) is 24.3 Å². The van der Waals surface area contributed by atoms with E-state index < -0.39 is 0 Å². The van der Waals surface area contributed by atoms with Crippen LogP contribution in [0.4, 0.5) is 5.82 Å². The molecule has 114 valence electrons. The quantitative estimate of drug-likeness (QED) is 0.695. The van der Waals surface area contributed by atoms with Gasteiger partial charge in [0.2, 0.25) is 5.71 Å². The molecule has 22 heavy (non-hydrogen) atoms. The van der Waals surface area contributed by atoms with Crippen LogP contribution in [0.5, 0.6) is 0 Å². The standard InChI is InChI=1S/C18H21N3O/c1-18(2)12-15(13-20-16-10-6-7-11-19-16)21(22)17(18)14-8-4-3-5-9-14/h3-11,15H,12-13H2,1-2H3,(H,19,20). The number of pyridine rings is 1. The number of hydrogen-bond acceptors (Lipinski definition) is 3. The predicted octanol–water partition coefficient (Wildman–Crippen LogP) is 3.29. The molecule has 1 atom stereocenters. The lowest BCUT2D eigenvalue weighted by atomic mass is 9.81. The minimum Gasteiger partial charge on any atom is -0.623 e. The van der Waals surface area contributed by atoms with Crippen LogP contribution >= 0.6 is 0 Å². The lowest BCUT2D eigenvalue weighted by Crippen LogP contribution is -2.27. The maximum Gasteiger partial charge on any atom is 0.200 e. The first-order valence-electron chi connectivity index (χ1n) is 7.62. The van der Waals surface area contributed by atoms with E-state index in [1.165, 1.54) is 4.74 Å². The molecule has 1 unspecified atom stereocenters. The molecule has 0 saturated carbocycles. The maximum atomic E-state index is 12.8. The molecule has 1 aromatic heterocycles. The van der Waals surface area contributed by atoms with Gasteiger partial charge in [0.25, 0.3) is 0 Å². The number of hydroxylamine groups is 1. The van der Waals surface area contributed by atoms with Gasteiger partial charge in [-0.2, -0.15) is 0 Å². The topological polar surface area (TPSA) is 51.0 Å². The van der Waals surface area contributed by atoms with E-state index in [0.717, 1.165) is 23.5 Å². The zero-order valence-electron chi connectivity index (χ0n) is 13.0. The summed E-state index contributed by atoms with van der Waals surface area (Å²) in [5.74, 6) is 0.807. The summed E-state index contributed by atoms with van der Waals surface area (Å²) >= 11 is 0. The lowest BCUT2D eigenvalue weighted by molar-refractivity contribution is -0.487. The Bertz CT molecular complexity index is 665. The summed E-state index contributed by atoms with van der Waals surface area (Å²) < 4.78 is 1.19. The Labute approximate surface area is 131 Å². The van der Waals surface area contributed by atoms with Gasteiger partial charge in [0, 0.05) is 18.2 Å². The van der Waals surface area contributed by atoms with E-state index >= 15 is 0 Å². The molecule has 0 saturated heterocycles. The molecule has 1 aliphatic rings. The van der Waals surface area contributed by atoms with Crippen LogP contribution in [0, 0.1) is 10.6 Å². The predicted molar refractivity (Wildman–Crippen MR) is 89.1 cm³/mol. The van der Waals surface area contributed by atoms with Gasteiger partial charge < -0.3 is 10.5 Å². The fourth-order valence-corrected chi connectivity index (χ4v) is 3.21. The van der Waals surface area contributed by atoms with Crippen LogP contribution in [0.3, 0.4) is 0 Å². The fraction of sp³-hybridized carbons (Fsp3) is 0.333. The molecule has 0 fully saturated rings. The van der Waals surface area contributed by atoms with Gasteiger partial charge in [0.1, 0.15) is 5.82 Å². The van der Waals surface area contributed by atoms with Gasteiger partial charge in [-0.05, 0) is 38.1 Å². The van der Waals surface area contributed by atoms with Crippen molar-refractivity contribution in [3.63, 3.8) is 0 Å². The van der Waals surface area contributed by atoms with Crippen molar-refractivity contribution in [2.75, 3.05) is 11.9 Å². The highest BCUT2D eigenvalue weighted by Gasteiger charge is 2.45. The largest absolute Gasteiger partial charge is 0.623 e. The Kier molecular flexibility index (Phi) is 3.84. The van der Waals surface area contributed by atoms with Gasteiger partial charge in [-0.25, -0.2) is 9.72 Å². The molecule has 2 heterocycles. The van der Waals surface area contributed by atoms with Crippen LogP contribution in [0.2, 0.25) is 0 Å². The first-order valence-corrected chi connectivity index (χ1v) is 7.62. The average Bonchev–Trinajstić information content (AvgIpc) is 2.76. The summed E-state index contributed by atoms with van der Waals surface area (Å²) in [5, 5.41) is 16.0. The molecular formula is C18H21N3O. The molecule has 3 rings (SSSR count). The monoisotopic (exact) mass is 295 g/mol. The van der Waals surface area contributed by atoms with E-state index in [1.54, 1.807) is 6.20 Å². The first kappa shape index (κ1) is 14.6. The van der Waals surface area contributed by atoms with E-state index in [-0.39, 0.29) is 11.5 Å². The third kappa shape index (κ3) is 2.82. The molecule has 4 nitrogen and oxygen atoms in total. The van der Waals surface area contributed by atoms with E-state index in [1.807, 2.05) is 48.5 Å². The molecule has 0 radical (unpaired) electrons. The molecule has 1 aromatic carbocycles. The van der Waals surface area contributed by atoms with Crippen molar-refractivity contribution in [1.29, 1.82) is 0 Å². The van der Waals surface area contributed by atoms with Crippen molar-refractivity contribution in [3.8, 4) is 0 Å². The SMILES string of the molecule is CC1(C)CC(CNc2ccccn2)[N+]([O-])=C1c1ccccc1. The minimum atomic E-state index is -0.125. The van der Waals surface area contributed by atoms with Crippen LogP contribution in [0.1, 0.15) is 25.8 Å². The highest BCUT2D eigenvalue weighted by Crippen LogP contribution is 2.35. The Morgan fingerprint density at radius 3 is 2.59 bits per heavy atom. The smallest absolute Gasteiger partial charge is 0.200 e. The fourth-order valence-electron chi connectivity index (χ4n) is 3.21. The lowest BCUT2D eigenvalue weighted by Gasteiger charge is -2.15. The van der Waals surface area contributed by atoms with Gasteiger partial charge in [-0.15, -0.1) is 0 Å². The van der Waals surface area contributed by atoms with Gasteiger partial charge in [-0.3, -0.25) is 0 Å². The molecule has 0 aliphatic carbocycles. The Balaban J connectivity index is 1.81. The van der Waals surface area contributed by atoms with Crippen molar-refractivity contribution in [2.24, 2.45) is 5.41 Å².